The number of carbonyl (C=O) groups is 2. The van der Waals surface area contributed by atoms with Gasteiger partial charge in [-0.3, -0.25) is 0 Å². The molecule has 0 radical (unpaired) electrons. The first-order valence-electron chi connectivity index (χ1n) is 6.14. The van der Waals surface area contributed by atoms with Crippen LogP contribution in [-0.4, -0.2) is 31.3 Å². The lowest BCUT2D eigenvalue weighted by atomic mass is 9.86. The maximum atomic E-state index is 11.8. The molecule has 0 heterocycles. The second kappa shape index (κ2) is 5.30. The van der Waals surface area contributed by atoms with Crippen LogP contribution in [0.25, 0.3) is 0 Å². The van der Waals surface area contributed by atoms with E-state index in [1.54, 1.807) is 6.07 Å². The molecule has 0 saturated heterocycles. The monoisotopic (exact) mass is 264 g/mol. The second-order valence-corrected chi connectivity index (χ2v) is 4.48. The normalized spacial score (nSPS) is 13.6. The van der Waals surface area contributed by atoms with E-state index >= 15 is 0 Å². The number of ether oxygens (including phenoxy) is 2. The van der Waals surface area contributed by atoms with Gasteiger partial charge in [-0.1, -0.05) is 0 Å². The molecule has 0 aliphatic heterocycles. The number of carbonyl (C=O) groups excluding carboxylic acids is 2. The molecule has 1 aliphatic carbocycles. The Labute approximate surface area is 111 Å². The Morgan fingerprint density at radius 2 is 1.74 bits per heavy atom. The zero-order valence-electron chi connectivity index (χ0n) is 11.0. The topological polar surface area (TPSA) is 72.8 Å². The van der Waals surface area contributed by atoms with Crippen LogP contribution in [0.3, 0.4) is 0 Å². The Bertz CT molecular complexity index is 533. The molecule has 19 heavy (non-hydrogen) atoms. The van der Waals surface area contributed by atoms with E-state index in [-0.39, 0.29) is 16.9 Å². The van der Waals surface area contributed by atoms with E-state index in [2.05, 4.69) is 4.74 Å². The molecule has 0 unspecified atom stereocenters. The Kier molecular flexibility index (Phi) is 3.74. The highest BCUT2D eigenvalue weighted by Gasteiger charge is 2.27. The first-order valence-corrected chi connectivity index (χ1v) is 6.14. The molecule has 0 spiro atoms. The van der Waals surface area contributed by atoms with Crippen molar-refractivity contribution < 1.29 is 24.2 Å². The van der Waals surface area contributed by atoms with Gasteiger partial charge < -0.3 is 14.6 Å². The van der Waals surface area contributed by atoms with Gasteiger partial charge in [0.2, 0.25) is 0 Å². The minimum absolute atomic E-state index is 0.0172. The second-order valence-electron chi connectivity index (χ2n) is 4.48. The highest BCUT2D eigenvalue weighted by Crippen LogP contribution is 2.34. The number of methoxy groups -OCH3 is 2. The minimum atomic E-state index is -0.656. The summed E-state index contributed by atoms with van der Waals surface area (Å²) in [4.78, 5) is 23.5. The van der Waals surface area contributed by atoms with Gasteiger partial charge in [-0.05, 0) is 42.9 Å². The number of hydrogen-bond acceptors (Lipinski definition) is 5. The lowest BCUT2D eigenvalue weighted by Crippen LogP contribution is -2.15. The lowest BCUT2D eigenvalue weighted by Gasteiger charge is -2.20. The van der Waals surface area contributed by atoms with E-state index < -0.39 is 11.9 Å². The van der Waals surface area contributed by atoms with E-state index in [0.717, 1.165) is 30.4 Å². The summed E-state index contributed by atoms with van der Waals surface area (Å²) >= 11 is 0. The third-order valence-corrected chi connectivity index (χ3v) is 3.42. The van der Waals surface area contributed by atoms with Crippen LogP contribution in [0, 0.1) is 0 Å². The molecule has 0 bridgehead atoms. The number of phenolic OH excluding ortho intramolecular Hbond substituents is 1. The van der Waals surface area contributed by atoms with Gasteiger partial charge in [-0.15, -0.1) is 0 Å². The largest absolute Gasteiger partial charge is 0.506 e. The van der Waals surface area contributed by atoms with E-state index in [0.29, 0.717) is 6.42 Å². The summed E-state index contributed by atoms with van der Waals surface area (Å²) in [6, 6.07) is 1.61. The molecule has 1 aromatic rings. The quantitative estimate of drug-likeness (QED) is 0.825. The molecule has 0 atom stereocenters. The molecule has 2 rings (SSSR count). The first-order chi connectivity index (χ1) is 9.10. The van der Waals surface area contributed by atoms with Crippen molar-refractivity contribution >= 4 is 11.9 Å². The average Bonchev–Trinajstić information content (AvgIpc) is 2.45. The summed E-state index contributed by atoms with van der Waals surface area (Å²) in [6.07, 6.45) is 3.44. The molecule has 1 aromatic carbocycles. The van der Waals surface area contributed by atoms with E-state index in [9.17, 15) is 14.7 Å². The summed E-state index contributed by atoms with van der Waals surface area (Å²) in [5.74, 6) is -1.63. The number of benzene rings is 1. The van der Waals surface area contributed by atoms with Crippen LogP contribution in [-0.2, 0) is 22.3 Å². The molecule has 102 valence electrons. The van der Waals surface area contributed by atoms with Gasteiger partial charge in [0.05, 0.1) is 14.2 Å². The molecule has 1 aliphatic rings. The Balaban J connectivity index is 2.67. The van der Waals surface area contributed by atoms with Crippen LogP contribution in [0.4, 0.5) is 0 Å². The molecule has 5 nitrogen and oxygen atoms in total. The number of aryl methyl sites for hydroxylation is 1. The number of esters is 2. The van der Waals surface area contributed by atoms with E-state index in [1.807, 2.05) is 0 Å². The standard InChI is InChI=1S/C14H16O5/c1-18-13(16)10-7-8-5-3-4-6-9(8)11(12(10)15)14(17)19-2/h7,15H,3-6H2,1-2H3. The predicted octanol–water partition coefficient (Wildman–Crippen LogP) is 1.84. The van der Waals surface area contributed by atoms with E-state index in [1.165, 1.54) is 14.2 Å². The predicted molar refractivity (Wildman–Crippen MR) is 67.4 cm³/mol. The van der Waals surface area contributed by atoms with Crippen LogP contribution < -0.4 is 0 Å². The van der Waals surface area contributed by atoms with Crippen molar-refractivity contribution in [2.75, 3.05) is 14.2 Å². The smallest absolute Gasteiger partial charge is 0.341 e. The van der Waals surface area contributed by atoms with Gasteiger partial charge in [0.1, 0.15) is 16.9 Å². The molecule has 0 aromatic heterocycles. The van der Waals surface area contributed by atoms with Crippen LogP contribution in [0.5, 0.6) is 5.75 Å². The van der Waals surface area contributed by atoms with Gasteiger partial charge in [-0.2, -0.15) is 0 Å². The summed E-state index contributed by atoms with van der Waals surface area (Å²) < 4.78 is 9.33. The summed E-state index contributed by atoms with van der Waals surface area (Å²) in [6.45, 7) is 0. The van der Waals surface area contributed by atoms with Crippen molar-refractivity contribution in [2.45, 2.75) is 25.7 Å². The van der Waals surface area contributed by atoms with Crippen LogP contribution in [0.1, 0.15) is 44.7 Å². The fourth-order valence-corrected chi connectivity index (χ4v) is 2.48. The van der Waals surface area contributed by atoms with Gasteiger partial charge in [0, 0.05) is 0 Å². The molecule has 1 N–H and O–H groups in total. The Morgan fingerprint density at radius 1 is 1.11 bits per heavy atom. The molecule has 0 amide bonds. The van der Waals surface area contributed by atoms with Crippen molar-refractivity contribution in [2.24, 2.45) is 0 Å². The number of phenols is 1. The van der Waals surface area contributed by atoms with Gasteiger partial charge in [-0.25, -0.2) is 9.59 Å². The van der Waals surface area contributed by atoms with Gasteiger partial charge in [0.15, 0.2) is 0 Å². The first kappa shape index (κ1) is 13.4. The Hall–Kier alpha value is -2.04. The van der Waals surface area contributed by atoms with Gasteiger partial charge in [0.25, 0.3) is 0 Å². The highest BCUT2D eigenvalue weighted by molar-refractivity contribution is 6.01. The molecule has 0 fully saturated rings. The minimum Gasteiger partial charge on any atom is -0.506 e. The van der Waals surface area contributed by atoms with E-state index in [4.69, 9.17) is 4.74 Å². The van der Waals surface area contributed by atoms with Crippen molar-refractivity contribution in [1.29, 1.82) is 0 Å². The zero-order valence-corrected chi connectivity index (χ0v) is 11.0. The SMILES string of the molecule is COC(=O)c1cc2c(c(C(=O)OC)c1O)CCCC2. The summed E-state index contributed by atoms with van der Waals surface area (Å²) in [5.41, 5.74) is 1.80. The molecular formula is C14H16O5. The van der Waals surface area contributed by atoms with Crippen molar-refractivity contribution in [3.05, 3.63) is 28.3 Å². The number of rotatable bonds is 2. The van der Waals surface area contributed by atoms with Crippen molar-refractivity contribution in [3.63, 3.8) is 0 Å². The zero-order chi connectivity index (χ0) is 14.0. The maximum Gasteiger partial charge on any atom is 0.341 e. The van der Waals surface area contributed by atoms with Crippen molar-refractivity contribution in [3.8, 4) is 5.75 Å². The van der Waals surface area contributed by atoms with Crippen molar-refractivity contribution in [1.82, 2.24) is 0 Å². The maximum absolute atomic E-state index is 11.8. The summed E-state index contributed by atoms with van der Waals surface area (Å²) in [5, 5.41) is 10.1. The van der Waals surface area contributed by atoms with Crippen LogP contribution in [0.2, 0.25) is 0 Å². The highest BCUT2D eigenvalue weighted by atomic mass is 16.5. The number of hydrogen-bond donors (Lipinski definition) is 1. The fourth-order valence-electron chi connectivity index (χ4n) is 2.48. The fraction of sp³-hybridized carbons (Fsp3) is 0.429. The molecular weight excluding hydrogens is 248 g/mol. The van der Waals surface area contributed by atoms with Crippen LogP contribution >= 0.6 is 0 Å². The lowest BCUT2D eigenvalue weighted by molar-refractivity contribution is 0.0591. The molecule has 0 saturated carbocycles. The van der Waals surface area contributed by atoms with Crippen LogP contribution in [0.15, 0.2) is 6.07 Å². The molecule has 5 heteroatoms. The third-order valence-electron chi connectivity index (χ3n) is 3.42. The average molecular weight is 264 g/mol. The number of aromatic hydroxyl groups is 1. The number of fused-ring (bicyclic) bond motifs is 1. The Morgan fingerprint density at radius 3 is 2.37 bits per heavy atom. The third kappa shape index (κ3) is 2.28. The van der Waals surface area contributed by atoms with Gasteiger partial charge >= 0.3 is 11.9 Å². The summed E-state index contributed by atoms with van der Waals surface area (Å²) in [7, 11) is 2.49.